The number of fused-ring (bicyclic) bond motifs is 1. The fraction of sp³-hybridized carbons (Fsp3) is 0.208. The predicted molar refractivity (Wildman–Crippen MR) is 113 cm³/mol. The Hall–Kier alpha value is -3.67. The van der Waals surface area contributed by atoms with E-state index >= 15 is 0 Å². The fourth-order valence-corrected chi connectivity index (χ4v) is 4.11. The Labute approximate surface area is 174 Å². The molecule has 5 rings (SSSR count). The molecule has 0 fully saturated rings. The summed E-state index contributed by atoms with van der Waals surface area (Å²) in [7, 11) is 1.91. The van der Waals surface area contributed by atoms with Gasteiger partial charge in [-0.05, 0) is 23.6 Å². The Kier molecular flexibility index (Phi) is 4.47. The van der Waals surface area contributed by atoms with Crippen molar-refractivity contribution in [1.29, 1.82) is 0 Å². The van der Waals surface area contributed by atoms with E-state index in [0.29, 0.717) is 24.5 Å². The molecule has 6 heteroatoms. The summed E-state index contributed by atoms with van der Waals surface area (Å²) in [5.74, 6) is 0.545. The zero-order valence-electron chi connectivity index (χ0n) is 16.9. The third-order valence-corrected chi connectivity index (χ3v) is 5.64. The molecule has 2 aromatic heterocycles. The maximum atomic E-state index is 13.3. The van der Waals surface area contributed by atoms with Gasteiger partial charge >= 0.3 is 0 Å². The molecule has 0 aliphatic carbocycles. The lowest BCUT2D eigenvalue weighted by atomic mass is 9.85. The van der Waals surface area contributed by atoms with E-state index in [-0.39, 0.29) is 11.8 Å². The summed E-state index contributed by atoms with van der Waals surface area (Å²) >= 11 is 0. The van der Waals surface area contributed by atoms with Gasteiger partial charge in [0.1, 0.15) is 0 Å². The molecular weight excluding hydrogens is 376 g/mol. The van der Waals surface area contributed by atoms with Gasteiger partial charge in [-0.3, -0.25) is 9.48 Å². The first kappa shape index (κ1) is 18.4. The average Bonchev–Trinajstić information content (AvgIpc) is 3.42. The summed E-state index contributed by atoms with van der Waals surface area (Å²) in [6, 6.07) is 17.8. The highest BCUT2D eigenvalue weighted by Gasteiger charge is 2.31. The van der Waals surface area contributed by atoms with Gasteiger partial charge in [-0.2, -0.15) is 5.10 Å². The molecule has 150 valence electrons. The molecule has 6 nitrogen and oxygen atoms in total. The van der Waals surface area contributed by atoms with E-state index in [4.69, 9.17) is 4.52 Å². The third-order valence-electron chi connectivity index (χ3n) is 5.64. The van der Waals surface area contributed by atoms with Crippen LogP contribution in [0.5, 0.6) is 0 Å². The molecule has 1 amide bonds. The number of aromatic nitrogens is 3. The van der Waals surface area contributed by atoms with E-state index in [1.54, 1.807) is 10.7 Å². The van der Waals surface area contributed by atoms with Gasteiger partial charge in [0.15, 0.2) is 11.5 Å². The molecule has 1 aliphatic heterocycles. The number of carbonyl (C=O) groups is 1. The Morgan fingerprint density at radius 2 is 1.97 bits per heavy atom. The highest BCUT2D eigenvalue weighted by Crippen LogP contribution is 2.35. The normalized spacial score (nSPS) is 15.8. The van der Waals surface area contributed by atoms with E-state index < -0.39 is 0 Å². The molecule has 1 unspecified atom stereocenters. The molecule has 1 aliphatic rings. The highest BCUT2D eigenvalue weighted by molar-refractivity contribution is 5.93. The molecule has 0 saturated carbocycles. The second-order valence-electron chi connectivity index (χ2n) is 7.83. The molecule has 1 atom stereocenters. The van der Waals surface area contributed by atoms with E-state index in [1.165, 1.54) is 11.1 Å². The molecule has 30 heavy (non-hydrogen) atoms. The van der Waals surface area contributed by atoms with E-state index in [1.807, 2.05) is 54.7 Å². The van der Waals surface area contributed by atoms with Crippen molar-refractivity contribution in [3.63, 3.8) is 0 Å². The first-order valence-corrected chi connectivity index (χ1v) is 9.98. The van der Waals surface area contributed by atoms with Crippen molar-refractivity contribution < 1.29 is 9.32 Å². The Morgan fingerprint density at radius 3 is 2.73 bits per heavy atom. The van der Waals surface area contributed by atoms with Crippen molar-refractivity contribution in [1.82, 2.24) is 19.8 Å². The topological polar surface area (TPSA) is 64.2 Å². The van der Waals surface area contributed by atoms with Crippen LogP contribution in [-0.4, -0.2) is 32.3 Å². The number of carbonyl (C=O) groups excluding carboxylic acids is 1. The predicted octanol–water partition coefficient (Wildman–Crippen LogP) is 4.17. The second kappa shape index (κ2) is 7.30. The minimum Gasteiger partial charge on any atom is -0.355 e. The van der Waals surface area contributed by atoms with Gasteiger partial charge in [-0.25, -0.2) is 0 Å². The zero-order chi connectivity index (χ0) is 20.7. The number of amides is 1. The van der Waals surface area contributed by atoms with Crippen LogP contribution in [0, 0.1) is 6.92 Å². The molecule has 2 aromatic carbocycles. The van der Waals surface area contributed by atoms with Gasteiger partial charge in [-0.1, -0.05) is 59.3 Å². The minimum absolute atomic E-state index is 0.0757. The molecule has 0 spiro atoms. The van der Waals surface area contributed by atoms with Crippen LogP contribution in [0.4, 0.5) is 0 Å². The van der Waals surface area contributed by atoms with Crippen molar-refractivity contribution in [3.05, 3.63) is 94.9 Å². The number of hydrogen-bond acceptors (Lipinski definition) is 4. The summed E-state index contributed by atoms with van der Waals surface area (Å²) in [5, 5.41) is 8.40. The number of hydrogen-bond donors (Lipinski definition) is 0. The molecule has 0 N–H and O–H groups in total. The average molecular weight is 398 g/mol. The van der Waals surface area contributed by atoms with Crippen LogP contribution in [0.1, 0.15) is 38.7 Å². The van der Waals surface area contributed by atoms with E-state index in [0.717, 1.165) is 16.7 Å². The number of nitrogens with zero attached hydrogens (tertiary/aromatic N) is 4. The molecular formula is C24H22N4O2. The van der Waals surface area contributed by atoms with Crippen LogP contribution >= 0.6 is 0 Å². The summed E-state index contributed by atoms with van der Waals surface area (Å²) < 4.78 is 7.25. The Morgan fingerprint density at radius 1 is 1.13 bits per heavy atom. The summed E-state index contributed by atoms with van der Waals surface area (Å²) in [6.45, 7) is 3.23. The second-order valence-corrected chi connectivity index (χ2v) is 7.83. The first-order chi connectivity index (χ1) is 14.6. The van der Waals surface area contributed by atoms with E-state index in [2.05, 4.69) is 35.4 Å². The van der Waals surface area contributed by atoms with Crippen LogP contribution in [0.25, 0.3) is 11.3 Å². The maximum absolute atomic E-state index is 13.3. The fourth-order valence-electron chi connectivity index (χ4n) is 4.11. The lowest BCUT2D eigenvalue weighted by Gasteiger charge is -2.34. The van der Waals surface area contributed by atoms with Crippen molar-refractivity contribution >= 4 is 5.91 Å². The summed E-state index contributed by atoms with van der Waals surface area (Å²) in [5.41, 5.74) is 5.96. The Balaban J connectivity index is 1.47. The molecule has 4 aromatic rings. The smallest absolute Gasteiger partial charge is 0.276 e. The third kappa shape index (κ3) is 3.30. The monoisotopic (exact) mass is 398 g/mol. The SMILES string of the molecule is Cc1ccc2c(c1)C(c1cnn(C)c1)CN(C(=O)c1cc(-c3ccccc3)on1)C2. The largest absolute Gasteiger partial charge is 0.355 e. The van der Waals surface area contributed by atoms with Crippen LogP contribution in [0.2, 0.25) is 0 Å². The van der Waals surface area contributed by atoms with Crippen LogP contribution in [-0.2, 0) is 13.6 Å². The van der Waals surface area contributed by atoms with Gasteiger partial charge in [0, 0.05) is 43.9 Å². The lowest BCUT2D eigenvalue weighted by molar-refractivity contribution is 0.0714. The van der Waals surface area contributed by atoms with Crippen LogP contribution in [0.15, 0.2) is 71.5 Å². The number of aryl methyl sites for hydroxylation is 2. The molecule has 0 bridgehead atoms. The molecule has 3 heterocycles. The minimum atomic E-state index is -0.124. The first-order valence-electron chi connectivity index (χ1n) is 9.98. The highest BCUT2D eigenvalue weighted by atomic mass is 16.5. The lowest BCUT2D eigenvalue weighted by Crippen LogP contribution is -2.38. The van der Waals surface area contributed by atoms with Gasteiger partial charge < -0.3 is 9.42 Å². The van der Waals surface area contributed by atoms with Gasteiger partial charge in [0.05, 0.1) is 6.20 Å². The van der Waals surface area contributed by atoms with Gasteiger partial charge in [-0.15, -0.1) is 0 Å². The standard InChI is InChI=1S/C24H22N4O2/c1-16-8-9-18-14-28(15-21(20(18)10-16)19-12-25-27(2)13-19)24(29)22-11-23(30-26-22)17-6-4-3-5-7-17/h3-13,21H,14-15H2,1-2H3. The maximum Gasteiger partial charge on any atom is 0.276 e. The summed E-state index contributed by atoms with van der Waals surface area (Å²) in [6.07, 6.45) is 3.91. The summed E-state index contributed by atoms with van der Waals surface area (Å²) in [4.78, 5) is 15.1. The van der Waals surface area contributed by atoms with Crippen molar-refractivity contribution in [2.45, 2.75) is 19.4 Å². The Bertz CT molecular complexity index is 1210. The quantitative estimate of drug-likeness (QED) is 0.520. The van der Waals surface area contributed by atoms with Gasteiger partial charge in [0.25, 0.3) is 5.91 Å². The van der Waals surface area contributed by atoms with Crippen molar-refractivity contribution in [2.75, 3.05) is 6.54 Å². The van der Waals surface area contributed by atoms with Crippen LogP contribution in [0.3, 0.4) is 0 Å². The van der Waals surface area contributed by atoms with Crippen LogP contribution < -0.4 is 0 Å². The van der Waals surface area contributed by atoms with Crippen molar-refractivity contribution in [3.8, 4) is 11.3 Å². The number of benzene rings is 2. The number of rotatable bonds is 3. The molecule has 0 radical (unpaired) electrons. The van der Waals surface area contributed by atoms with E-state index in [9.17, 15) is 4.79 Å². The zero-order valence-corrected chi connectivity index (χ0v) is 16.9. The molecule has 0 saturated heterocycles. The van der Waals surface area contributed by atoms with Crippen molar-refractivity contribution in [2.24, 2.45) is 7.05 Å². The van der Waals surface area contributed by atoms with Gasteiger partial charge in [0.2, 0.25) is 0 Å².